The Kier molecular flexibility index (Phi) is 5.78. The number of hydrogen-bond donors (Lipinski definition) is 0. The molecule has 0 aromatic heterocycles. The lowest BCUT2D eigenvalue weighted by atomic mass is 9.77. The molecule has 0 spiro atoms. The zero-order valence-corrected chi connectivity index (χ0v) is 15.7. The van der Waals surface area contributed by atoms with Crippen LogP contribution in [-0.4, -0.2) is 30.9 Å². The Hall–Kier alpha value is -1.54. The van der Waals surface area contributed by atoms with Crippen LogP contribution in [0.4, 0.5) is 13.2 Å². The fourth-order valence-corrected chi connectivity index (χ4v) is 2.68. The van der Waals surface area contributed by atoms with Crippen LogP contribution in [0.5, 0.6) is 0 Å². The van der Waals surface area contributed by atoms with E-state index in [0.717, 1.165) is 6.07 Å². The highest BCUT2D eigenvalue weighted by atomic mass is 19.4. The van der Waals surface area contributed by atoms with Crippen molar-refractivity contribution in [2.75, 3.05) is 6.61 Å². The molecule has 26 heavy (non-hydrogen) atoms. The van der Waals surface area contributed by atoms with E-state index >= 15 is 0 Å². The number of rotatable bonds is 5. The molecule has 0 bridgehead atoms. The zero-order chi connectivity index (χ0) is 19.8. The molecule has 4 nitrogen and oxygen atoms in total. The number of carbonyl (C=O) groups excluding carboxylic acids is 1. The average molecular weight is 372 g/mol. The van der Waals surface area contributed by atoms with E-state index < -0.39 is 36.0 Å². The Labute approximate surface area is 152 Å². The van der Waals surface area contributed by atoms with Crippen molar-refractivity contribution in [3.63, 3.8) is 0 Å². The van der Waals surface area contributed by atoms with Gasteiger partial charge in [-0.25, -0.2) is 0 Å². The Morgan fingerprint density at radius 2 is 1.73 bits per heavy atom. The molecule has 1 heterocycles. The van der Waals surface area contributed by atoms with Gasteiger partial charge < -0.3 is 14.0 Å². The molecule has 0 unspecified atom stereocenters. The maximum atomic E-state index is 13.5. The van der Waals surface area contributed by atoms with Crippen LogP contribution in [0.25, 0.3) is 0 Å². The Morgan fingerprint density at radius 1 is 1.15 bits per heavy atom. The third-order valence-corrected chi connectivity index (χ3v) is 4.86. The van der Waals surface area contributed by atoms with Gasteiger partial charge in [-0.2, -0.15) is 13.2 Å². The van der Waals surface area contributed by atoms with Crippen LogP contribution < -0.4 is 5.46 Å². The number of benzene rings is 1. The molecule has 0 atom stereocenters. The van der Waals surface area contributed by atoms with Crippen LogP contribution in [0, 0.1) is 0 Å². The minimum absolute atomic E-state index is 0.0889. The molecule has 144 valence electrons. The summed E-state index contributed by atoms with van der Waals surface area (Å²) in [5, 5.41) is 0. The van der Waals surface area contributed by atoms with Crippen molar-refractivity contribution in [2.45, 2.75) is 64.8 Å². The van der Waals surface area contributed by atoms with Crippen LogP contribution in [0.15, 0.2) is 18.2 Å². The number of ether oxygens (including phenoxy) is 1. The largest absolute Gasteiger partial charge is 0.494 e. The predicted octanol–water partition coefficient (Wildman–Crippen LogP) is 3.50. The molecule has 2 rings (SSSR count). The van der Waals surface area contributed by atoms with Crippen molar-refractivity contribution >= 4 is 18.6 Å². The van der Waals surface area contributed by atoms with Crippen molar-refractivity contribution in [1.82, 2.24) is 0 Å². The van der Waals surface area contributed by atoms with Crippen molar-refractivity contribution in [3.8, 4) is 0 Å². The smallest absolute Gasteiger partial charge is 0.466 e. The summed E-state index contributed by atoms with van der Waals surface area (Å²) in [5.74, 6) is -0.447. The highest BCUT2D eigenvalue weighted by Crippen LogP contribution is 2.37. The molecule has 0 aliphatic carbocycles. The minimum atomic E-state index is -4.49. The second-order valence-corrected chi connectivity index (χ2v) is 7.45. The molecule has 8 heteroatoms. The lowest BCUT2D eigenvalue weighted by molar-refractivity contribution is -0.141. The van der Waals surface area contributed by atoms with Crippen LogP contribution in [0.2, 0.25) is 0 Å². The van der Waals surface area contributed by atoms with Crippen molar-refractivity contribution < 1.29 is 32.0 Å². The van der Waals surface area contributed by atoms with E-state index in [1.54, 1.807) is 6.07 Å². The van der Waals surface area contributed by atoms with Gasteiger partial charge in [0, 0.05) is 6.92 Å². The van der Waals surface area contributed by atoms with Crippen molar-refractivity contribution in [3.05, 3.63) is 29.3 Å². The predicted molar refractivity (Wildman–Crippen MR) is 92.1 cm³/mol. The fourth-order valence-electron chi connectivity index (χ4n) is 2.68. The molecule has 0 saturated carbocycles. The van der Waals surface area contributed by atoms with E-state index in [0.29, 0.717) is 11.9 Å². The van der Waals surface area contributed by atoms with Gasteiger partial charge in [-0.15, -0.1) is 0 Å². The summed E-state index contributed by atoms with van der Waals surface area (Å²) in [7, 11) is -0.851. The third kappa shape index (κ3) is 4.59. The van der Waals surface area contributed by atoms with Crippen molar-refractivity contribution in [2.24, 2.45) is 0 Å². The first-order valence-electron chi connectivity index (χ1n) is 8.52. The summed E-state index contributed by atoms with van der Waals surface area (Å²) < 4.78 is 56.9. The molecule has 0 radical (unpaired) electrons. The van der Waals surface area contributed by atoms with E-state index in [-0.39, 0.29) is 18.6 Å². The van der Waals surface area contributed by atoms with Gasteiger partial charge in [-0.3, -0.25) is 4.79 Å². The molecule has 1 aromatic rings. The van der Waals surface area contributed by atoms with Crippen LogP contribution in [0.3, 0.4) is 0 Å². The van der Waals surface area contributed by atoms with Crippen LogP contribution in [0.1, 0.15) is 52.2 Å². The SMILES string of the molecule is CC(=O)OCCCc1ccc(B2OC(C)(C)C(C)(C)O2)cc1C(F)(F)F. The lowest BCUT2D eigenvalue weighted by Gasteiger charge is -2.32. The van der Waals surface area contributed by atoms with Gasteiger partial charge in [-0.1, -0.05) is 12.1 Å². The van der Waals surface area contributed by atoms with E-state index in [4.69, 9.17) is 14.0 Å². The van der Waals surface area contributed by atoms with Gasteiger partial charge in [0.15, 0.2) is 0 Å². The lowest BCUT2D eigenvalue weighted by Crippen LogP contribution is -2.41. The average Bonchev–Trinajstić information content (AvgIpc) is 2.71. The number of aryl methyl sites for hydroxylation is 1. The molecule has 0 amide bonds. The summed E-state index contributed by atoms with van der Waals surface area (Å²) in [4.78, 5) is 10.7. The van der Waals surface area contributed by atoms with Crippen LogP contribution in [-0.2, 0) is 31.4 Å². The Morgan fingerprint density at radius 3 is 2.23 bits per heavy atom. The van der Waals surface area contributed by atoms with Gasteiger partial charge >= 0.3 is 19.3 Å². The number of carbonyl (C=O) groups is 1. The third-order valence-electron chi connectivity index (χ3n) is 4.86. The number of hydrogen-bond acceptors (Lipinski definition) is 4. The maximum absolute atomic E-state index is 13.5. The van der Waals surface area contributed by atoms with Gasteiger partial charge in [0.05, 0.1) is 23.4 Å². The zero-order valence-electron chi connectivity index (χ0n) is 15.7. The molecule has 1 saturated heterocycles. The van der Waals surface area contributed by atoms with Crippen LogP contribution >= 0.6 is 0 Å². The first kappa shape index (κ1) is 20.8. The Balaban J connectivity index is 2.22. The van der Waals surface area contributed by atoms with E-state index in [2.05, 4.69) is 0 Å². The molecule has 0 N–H and O–H groups in total. The second kappa shape index (κ2) is 7.23. The monoisotopic (exact) mass is 372 g/mol. The molecule has 1 aromatic carbocycles. The van der Waals surface area contributed by atoms with Gasteiger partial charge in [0.1, 0.15) is 0 Å². The summed E-state index contributed by atoms with van der Waals surface area (Å²) >= 11 is 0. The number of esters is 1. The molecule has 1 fully saturated rings. The number of alkyl halides is 3. The standard InChI is InChI=1S/C18H24BF3O4/c1-12(23)24-10-6-7-13-8-9-14(11-15(13)18(20,21)22)19-25-16(2,3)17(4,5)26-19/h8-9,11H,6-7,10H2,1-5H3. The van der Waals surface area contributed by atoms with E-state index in [1.807, 2.05) is 27.7 Å². The summed E-state index contributed by atoms with van der Waals surface area (Å²) in [6.45, 7) is 8.75. The van der Waals surface area contributed by atoms with E-state index in [9.17, 15) is 18.0 Å². The summed E-state index contributed by atoms with van der Waals surface area (Å²) in [5.41, 5.74) is -1.48. The molecule has 1 aliphatic heterocycles. The molecular weight excluding hydrogens is 348 g/mol. The molecule has 1 aliphatic rings. The second-order valence-electron chi connectivity index (χ2n) is 7.45. The topological polar surface area (TPSA) is 44.8 Å². The quantitative estimate of drug-likeness (QED) is 0.451. The minimum Gasteiger partial charge on any atom is -0.466 e. The highest BCUT2D eigenvalue weighted by Gasteiger charge is 2.52. The molecular formula is C18H24BF3O4. The van der Waals surface area contributed by atoms with Gasteiger partial charge in [0.25, 0.3) is 0 Å². The normalized spacial score (nSPS) is 18.8. The first-order chi connectivity index (χ1) is 11.8. The summed E-state index contributed by atoms with van der Waals surface area (Å²) in [6, 6.07) is 4.12. The fraction of sp³-hybridized carbons (Fsp3) is 0.611. The highest BCUT2D eigenvalue weighted by molar-refractivity contribution is 6.62. The maximum Gasteiger partial charge on any atom is 0.494 e. The van der Waals surface area contributed by atoms with Crippen molar-refractivity contribution in [1.29, 1.82) is 0 Å². The van der Waals surface area contributed by atoms with Gasteiger partial charge in [-0.05, 0) is 57.6 Å². The first-order valence-corrected chi connectivity index (χ1v) is 8.52. The summed E-state index contributed by atoms with van der Waals surface area (Å²) in [6.07, 6.45) is -4.01. The number of halogens is 3. The van der Waals surface area contributed by atoms with Gasteiger partial charge in [0.2, 0.25) is 0 Å². The Bertz CT molecular complexity index is 655. The van der Waals surface area contributed by atoms with E-state index in [1.165, 1.54) is 13.0 Å².